The summed E-state index contributed by atoms with van der Waals surface area (Å²) in [5.41, 5.74) is 2.56. The number of pyridine rings is 1. The predicted molar refractivity (Wildman–Crippen MR) is 78.4 cm³/mol. The summed E-state index contributed by atoms with van der Waals surface area (Å²) < 4.78 is 0. The smallest absolute Gasteiger partial charge is 0.0572 e. The van der Waals surface area contributed by atoms with Crippen LogP contribution in [0.2, 0.25) is 0 Å². The molecule has 100 valence electrons. The fraction of sp³-hybridized carbons (Fsp3) is 0.312. The highest BCUT2D eigenvalue weighted by molar-refractivity contribution is 5.15. The molecule has 0 aliphatic rings. The van der Waals surface area contributed by atoms with Gasteiger partial charge in [-0.3, -0.25) is 9.88 Å². The van der Waals surface area contributed by atoms with Crippen LogP contribution in [0.3, 0.4) is 0 Å². The second-order valence-corrected chi connectivity index (χ2v) is 4.72. The van der Waals surface area contributed by atoms with Crippen LogP contribution in [-0.4, -0.2) is 23.1 Å². The SMILES string of the molecule is CNC(C)N(Cc1ccccc1)Cc1cccnc1. The highest BCUT2D eigenvalue weighted by Crippen LogP contribution is 2.11. The Morgan fingerprint density at radius 3 is 2.37 bits per heavy atom. The Kier molecular flexibility index (Phi) is 5.07. The van der Waals surface area contributed by atoms with Crippen LogP contribution in [0.4, 0.5) is 0 Å². The Morgan fingerprint density at radius 1 is 1.05 bits per heavy atom. The second-order valence-electron chi connectivity index (χ2n) is 4.72. The monoisotopic (exact) mass is 255 g/mol. The highest BCUT2D eigenvalue weighted by atomic mass is 15.2. The summed E-state index contributed by atoms with van der Waals surface area (Å²) in [4.78, 5) is 6.58. The van der Waals surface area contributed by atoms with E-state index in [2.05, 4.69) is 58.5 Å². The average Bonchev–Trinajstić information content (AvgIpc) is 2.48. The van der Waals surface area contributed by atoms with Gasteiger partial charge in [0, 0.05) is 25.5 Å². The molecule has 0 aliphatic carbocycles. The quantitative estimate of drug-likeness (QED) is 0.804. The summed E-state index contributed by atoms with van der Waals surface area (Å²) >= 11 is 0. The van der Waals surface area contributed by atoms with Crippen molar-refractivity contribution in [2.45, 2.75) is 26.2 Å². The first-order valence-electron chi connectivity index (χ1n) is 6.63. The minimum absolute atomic E-state index is 0.320. The zero-order chi connectivity index (χ0) is 13.5. The molecule has 1 N–H and O–H groups in total. The van der Waals surface area contributed by atoms with E-state index in [0.29, 0.717) is 6.17 Å². The van der Waals surface area contributed by atoms with Crippen LogP contribution in [0, 0.1) is 0 Å². The first kappa shape index (κ1) is 13.7. The largest absolute Gasteiger partial charge is 0.305 e. The van der Waals surface area contributed by atoms with Crippen molar-refractivity contribution < 1.29 is 0 Å². The summed E-state index contributed by atoms with van der Waals surface area (Å²) in [5.74, 6) is 0. The molecule has 1 unspecified atom stereocenters. The van der Waals surface area contributed by atoms with Crippen LogP contribution in [0.15, 0.2) is 54.9 Å². The van der Waals surface area contributed by atoms with E-state index in [1.54, 1.807) is 0 Å². The highest BCUT2D eigenvalue weighted by Gasteiger charge is 2.12. The van der Waals surface area contributed by atoms with Crippen molar-refractivity contribution in [2.75, 3.05) is 7.05 Å². The zero-order valence-corrected chi connectivity index (χ0v) is 11.6. The van der Waals surface area contributed by atoms with E-state index in [1.165, 1.54) is 11.1 Å². The molecule has 1 aromatic carbocycles. The average molecular weight is 255 g/mol. The number of nitrogens with one attached hydrogen (secondary N) is 1. The first-order valence-corrected chi connectivity index (χ1v) is 6.63. The molecule has 0 bridgehead atoms. The van der Waals surface area contributed by atoms with E-state index in [9.17, 15) is 0 Å². The Labute approximate surface area is 115 Å². The maximum Gasteiger partial charge on any atom is 0.0572 e. The topological polar surface area (TPSA) is 28.2 Å². The van der Waals surface area contributed by atoms with E-state index in [-0.39, 0.29) is 0 Å². The molecule has 0 aliphatic heterocycles. The lowest BCUT2D eigenvalue weighted by Crippen LogP contribution is -2.40. The van der Waals surface area contributed by atoms with Gasteiger partial charge in [-0.2, -0.15) is 0 Å². The van der Waals surface area contributed by atoms with Gasteiger partial charge in [0.15, 0.2) is 0 Å². The van der Waals surface area contributed by atoms with Gasteiger partial charge in [0.25, 0.3) is 0 Å². The van der Waals surface area contributed by atoms with Crippen molar-refractivity contribution in [1.29, 1.82) is 0 Å². The fourth-order valence-electron chi connectivity index (χ4n) is 2.06. The molecule has 3 nitrogen and oxygen atoms in total. The fourth-order valence-corrected chi connectivity index (χ4v) is 2.06. The number of rotatable bonds is 6. The lowest BCUT2D eigenvalue weighted by atomic mass is 10.2. The van der Waals surface area contributed by atoms with Crippen LogP contribution < -0.4 is 5.32 Å². The summed E-state index contributed by atoms with van der Waals surface area (Å²) in [7, 11) is 1.99. The van der Waals surface area contributed by atoms with Gasteiger partial charge < -0.3 is 5.32 Å². The minimum Gasteiger partial charge on any atom is -0.305 e. The lowest BCUT2D eigenvalue weighted by molar-refractivity contribution is 0.168. The van der Waals surface area contributed by atoms with E-state index < -0.39 is 0 Å². The van der Waals surface area contributed by atoms with Gasteiger partial charge in [-0.1, -0.05) is 36.4 Å². The molecule has 0 saturated carbocycles. The van der Waals surface area contributed by atoms with Gasteiger partial charge in [-0.25, -0.2) is 0 Å². The van der Waals surface area contributed by atoms with Crippen molar-refractivity contribution in [3.05, 3.63) is 66.0 Å². The Morgan fingerprint density at radius 2 is 1.74 bits per heavy atom. The van der Waals surface area contributed by atoms with Crippen LogP contribution in [0.5, 0.6) is 0 Å². The van der Waals surface area contributed by atoms with Crippen molar-refractivity contribution in [1.82, 2.24) is 15.2 Å². The molecule has 2 aromatic rings. The standard InChI is InChI=1S/C16H21N3/c1-14(17-2)19(12-15-7-4-3-5-8-15)13-16-9-6-10-18-11-16/h3-11,14,17H,12-13H2,1-2H3. The maximum atomic E-state index is 4.18. The van der Waals surface area contributed by atoms with Gasteiger partial charge in [0.2, 0.25) is 0 Å². The molecule has 0 radical (unpaired) electrons. The lowest BCUT2D eigenvalue weighted by Gasteiger charge is -2.28. The van der Waals surface area contributed by atoms with Crippen LogP contribution in [-0.2, 0) is 13.1 Å². The molecule has 0 spiro atoms. The number of hydrogen-bond acceptors (Lipinski definition) is 3. The van der Waals surface area contributed by atoms with Gasteiger partial charge in [0.1, 0.15) is 0 Å². The van der Waals surface area contributed by atoms with Gasteiger partial charge in [0.05, 0.1) is 6.17 Å². The molecule has 1 aromatic heterocycles. The van der Waals surface area contributed by atoms with Crippen molar-refractivity contribution in [3.8, 4) is 0 Å². The summed E-state index contributed by atoms with van der Waals surface area (Å²) in [5, 5.41) is 3.31. The van der Waals surface area contributed by atoms with Crippen molar-refractivity contribution >= 4 is 0 Å². The van der Waals surface area contributed by atoms with Crippen molar-refractivity contribution in [3.63, 3.8) is 0 Å². The summed E-state index contributed by atoms with van der Waals surface area (Å²) in [6.45, 7) is 4.00. The van der Waals surface area contributed by atoms with E-state index >= 15 is 0 Å². The van der Waals surface area contributed by atoms with Crippen LogP contribution in [0.25, 0.3) is 0 Å². The number of aromatic nitrogens is 1. The third kappa shape index (κ3) is 4.16. The van der Waals surface area contributed by atoms with E-state index in [0.717, 1.165) is 13.1 Å². The first-order chi connectivity index (χ1) is 9.29. The van der Waals surface area contributed by atoms with Gasteiger partial charge >= 0.3 is 0 Å². The number of benzene rings is 1. The minimum atomic E-state index is 0.320. The molecule has 0 amide bonds. The van der Waals surface area contributed by atoms with Crippen LogP contribution in [0.1, 0.15) is 18.1 Å². The molecular formula is C16H21N3. The summed E-state index contributed by atoms with van der Waals surface area (Å²) in [6.07, 6.45) is 4.06. The van der Waals surface area contributed by atoms with Gasteiger partial charge in [-0.15, -0.1) is 0 Å². The van der Waals surface area contributed by atoms with Crippen LogP contribution >= 0.6 is 0 Å². The molecule has 2 rings (SSSR count). The molecular weight excluding hydrogens is 234 g/mol. The predicted octanol–water partition coefficient (Wildman–Crippen LogP) is 2.65. The number of hydrogen-bond donors (Lipinski definition) is 1. The zero-order valence-electron chi connectivity index (χ0n) is 11.6. The van der Waals surface area contributed by atoms with E-state index in [1.807, 2.05) is 25.5 Å². The van der Waals surface area contributed by atoms with E-state index in [4.69, 9.17) is 0 Å². The normalized spacial score (nSPS) is 12.6. The number of nitrogens with zero attached hydrogens (tertiary/aromatic N) is 2. The molecule has 3 heteroatoms. The maximum absolute atomic E-state index is 4.18. The summed E-state index contributed by atoms with van der Waals surface area (Å²) in [6, 6.07) is 14.7. The molecule has 19 heavy (non-hydrogen) atoms. The Balaban J connectivity index is 2.08. The third-order valence-electron chi connectivity index (χ3n) is 3.30. The van der Waals surface area contributed by atoms with Crippen molar-refractivity contribution in [2.24, 2.45) is 0 Å². The van der Waals surface area contributed by atoms with Gasteiger partial charge in [-0.05, 0) is 31.2 Å². The Bertz CT molecular complexity index is 428. The molecule has 0 saturated heterocycles. The Hall–Kier alpha value is -1.71. The third-order valence-corrected chi connectivity index (χ3v) is 3.30. The molecule has 1 heterocycles. The second kappa shape index (κ2) is 7.02. The molecule has 0 fully saturated rings. The molecule has 1 atom stereocenters.